The van der Waals surface area contributed by atoms with Gasteiger partial charge in [0.2, 0.25) is 0 Å². The highest BCUT2D eigenvalue weighted by atomic mass is 32.1. The summed E-state index contributed by atoms with van der Waals surface area (Å²) in [5.74, 6) is -0.853. The van der Waals surface area contributed by atoms with Crippen LogP contribution in [0.5, 0.6) is 0 Å². The molecule has 2 heterocycles. The van der Waals surface area contributed by atoms with Crippen LogP contribution < -0.4 is 5.32 Å². The average molecular weight is 319 g/mol. The fraction of sp³-hybridized carbons (Fsp3) is 0.400. The normalized spacial score (nSPS) is 21.2. The van der Waals surface area contributed by atoms with Crippen LogP contribution in [0.2, 0.25) is 0 Å². The van der Waals surface area contributed by atoms with Crippen LogP contribution in [0.15, 0.2) is 24.3 Å². The SMILES string of the molecule is CC1(C(=O)O)CCN(C(=O)NCc2nc3ccccc3s2)C1. The third kappa shape index (κ3) is 2.76. The number of nitrogens with one attached hydrogen (secondary N) is 1. The van der Waals surface area contributed by atoms with Crippen molar-refractivity contribution in [3.8, 4) is 0 Å². The van der Waals surface area contributed by atoms with Crippen LogP contribution >= 0.6 is 11.3 Å². The molecule has 22 heavy (non-hydrogen) atoms. The molecule has 6 nitrogen and oxygen atoms in total. The number of thiazole rings is 1. The van der Waals surface area contributed by atoms with Gasteiger partial charge in [0.15, 0.2) is 0 Å². The van der Waals surface area contributed by atoms with Crippen molar-refractivity contribution in [1.29, 1.82) is 0 Å². The van der Waals surface area contributed by atoms with Crippen LogP contribution in [-0.4, -0.2) is 40.1 Å². The fourth-order valence-corrected chi connectivity index (χ4v) is 3.47. The number of benzene rings is 1. The summed E-state index contributed by atoms with van der Waals surface area (Å²) in [5.41, 5.74) is 0.0871. The maximum absolute atomic E-state index is 12.1. The van der Waals surface area contributed by atoms with Crippen LogP contribution in [0, 0.1) is 5.41 Å². The number of aromatic nitrogens is 1. The Balaban J connectivity index is 1.60. The van der Waals surface area contributed by atoms with E-state index in [9.17, 15) is 14.7 Å². The number of para-hydroxylation sites is 1. The van der Waals surface area contributed by atoms with Crippen molar-refractivity contribution in [2.75, 3.05) is 13.1 Å². The first kappa shape index (κ1) is 14.8. The lowest BCUT2D eigenvalue weighted by Gasteiger charge is -2.20. The molecule has 1 aliphatic rings. The van der Waals surface area contributed by atoms with Gasteiger partial charge in [-0.05, 0) is 25.5 Å². The standard InChI is InChI=1S/C15H17N3O3S/c1-15(13(19)20)6-7-18(9-15)14(21)16-8-12-17-10-4-2-3-5-11(10)22-12/h2-5H,6-9H2,1H3,(H,16,21)(H,19,20). The first-order valence-electron chi connectivity index (χ1n) is 7.08. The van der Waals surface area contributed by atoms with Gasteiger partial charge in [0, 0.05) is 13.1 Å². The highest BCUT2D eigenvalue weighted by Gasteiger charge is 2.42. The van der Waals surface area contributed by atoms with Gasteiger partial charge in [0.05, 0.1) is 22.2 Å². The summed E-state index contributed by atoms with van der Waals surface area (Å²) in [5, 5.41) is 12.9. The Morgan fingerprint density at radius 3 is 2.91 bits per heavy atom. The van der Waals surface area contributed by atoms with E-state index < -0.39 is 11.4 Å². The van der Waals surface area contributed by atoms with E-state index in [4.69, 9.17) is 0 Å². The van der Waals surface area contributed by atoms with E-state index in [1.807, 2.05) is 24.3 Å². The molecule has 0 bridgehead atoms. The first-order chi connectivity index (χ1) is 10.5. The zero-order valence-corrected chi connectivity index (χ0v) is 13.0. The van der Waals surface area contributed by atoms with Crippen LogP contribution in [0.4, 0.5) is 4.79 Å². The molecular weight excluding hydrogens is 302 g/mol. The Hall–Kier alpha value is -2.15. The molecule has 116 valence electrons. The smallest absolute Gasteiger partial charge is 0.317 e. The summed E-state index contributed by atoms with van der Waals surface area (Å²) >= 11 is 1.55. The quantitative estimate of drug-likeness (QED) is 0.909. The number of likely N-dealkylation sites (tertiary alicyclic amines) is 1. The first-order valence-corrected chi connectivity index (χ1v) is 7.90. The van der Waals surface area contributed by atoms with Gasteiger partial charge in [0.1, 0.15) is 5.01 Å². The highest BCUT2D eigenvalue weighted by Crippen LogP contribution is 2.30. The number of aliphatic carboxylic acids is 1. The number of rotatable bonds is 3. The lowest BCUT2D eigenvalue weighted by atomic mass is 9.90. The molecule has 7 heteroatoms. The number of carboxylic acids is 1. The van der Waals surface area contributed by atoms with Crippen molar-refractivity contribution in [1.82, 2.24) is 15.2 Å². The Morgan fingerprint density at radius 1 is 1.45 bits per heavy atom. The summed E-state index contributed by atoms with van der Waals surface area (Å²) in [6, 6.07) is 7.60. The van der Waals surface area contributed by atoms with Crippen molar-refractivity contribution in [3.63, 3.8) is 0 Å². The predicted molar refractivity (Wildman–Crippen MR) is 83.8 cm³/mol. The second kappa shape index (κ2) is 5.57. The Morgan fingerprint density at radius 2 is 2.23 bits per heavy atom. The van der Waals surface area contributed by atoms with Gasteiger partial charge in [0.25, 0.3) is 0 Å². The maximum atomic E-state index is 12.1. The molecule has 0 aliphatic carbocycles. The fourth-order valence-electron chi connectivity index (χ4n) is 2.57. The molecule has 1 aromatic carbocycles. The number of amides is 2. The number of hydrogen-bond acceptors (Lipinski definition) is 4. The number of carbonyl (C=O) groups is 2. The highest BCUT2D eigenvalue weighted by molar-refractivity contribution is 7.18. The van der Waals surface area contributed by atoms with Crippen LogP contribution in [0.25, 0.3) is 10.2 Å². The van der Waals surface area contributed by atoms with Crippen LogP contribution in [0.3, 0.4) is 0 Å². The molecule has 3 rings (SSSR count). The third-order valence-electron chi connectivity index (χ3n) is 4.01. The molecule has 1 fully saturated rings. The van der Waals surface area contributed by atoms with Gasteiger partial charge in [-0.25, -0.2) is 9.78 Å². The van der Waals surface area contributed by atoms with Gasteiger partial charge < -0.3 is 15.3 Å². The topological polar surface area (TPSA) is 82.5 Å². The maximum Gasteiger partial charge on any atom is 0.317 e. The van der Waals surface area contributed by atoms with Crippen molar-refractivity contribution in [2.24, 2.45) is 5.41 Å². The summed E-state index contributed by atoms with van der Waals surface area (Å²) < 4.78 is 1.09. The largest absolute Gasteiger partial charge is 0.481 e. The zero-order chi connectivity index (χ0) is 15.7. The number of fused-ring (bicyclic) bond motifs is 1. The molecule has 1 saturated heterocycles. The molecule has 0 radical (unpaired) electrons. The van der Waals surface area contributed by atoms with Gasteiger partial charge in [-0.2, -0.15) is 0 Å². The van der Waals surface area contributed by atoms with Crippen LogP contribution in [-0.2, 0) is 11.3 Å². The Labute approximate surface area is 131 Å². The number of carbonyl (C=O) groups excluding carboxylic acids is 1. The minimum atomic E-state index is -0.853. The molecule has 1 atom stereocenters. The second-order valence-corrected chi connectivity index (χ2v) is 6.89. The van der Waals surface area contributed by atoms with Gasteiger partial charge in [-0.3, -0.25) is 4.79 Å². The molecule has 0 saturated carbocycles. The summed E-state index contributed by atoms with van der Waals surface area (Å²) in [6.07, 6.45) is 0.483. The minimum Gasteiger partial charge on any atom is -0.481 e. The van der Waals surface area contributed by atoms with Gasteiger partial charge in [-0.1, -0.05) is 12.1 Å². The van der Waals surface area contributed by atoms with Gasteiger partial charge in [-0.15, -0.1) is 11.3 Å². The van der Waals surface area contributed by atoms with Crippen molar-refractivity contribution < 1.29 is 14.7 Å². The lowest BCUT2D eigenvalue weighted by Crippen LogP contribution is -2.40. The van der Waals surface area contributed by atoms with E-state index >= 15 is 0 Å². The molecule has 1 aliphatic heterocycles. The minimum absolute atomic E-state index is 0.232. The average Bonchev–Trinajstić information content (AvgIpc) is 3.09. The van der Waals surface area contributed by atoms with E-state index in [2.05, 4.69) is 10.3 Å². The summed E-state index contributed by atoms with van der Waals surface area (Å²) in [7, 11) is 0. The Bertz CT molecular complexity index is 697. The summed E-state index contributed by atoms with van der Waals surface area (Å²) in [6.45, 7) is 2.75. The third-order valence-corrected chi connectivity index (χ3v) is 5.04. The van der Waals surface area contributed by atoms with Crippen molar-refractivity contribution >= 4 is 33.6 Å². The molecule has 1 unspecified atom stereocenters. The van der Waals surface area contributed by atoms with E-state index in [0.29, 0.717) is 19.5 Å². The zero-order valence-electron chi connectivity index (χ0n) is 12.2. The molecule has 2 aromatic rings. The summed E-state index contributed by atoms with van der Waals surface area (Å²) in [4.78, 5) is 29.4. The number of urea groups is 1. The van der Waals surface area contributed by atoms with E-state index in [0.717, 1.165) is 15.2 Å². The molecule has 2 N–H and O–H groups in total. The number of nitrogens with zero attached hydrogens (tertiary/aromatic N) is 2. The van der Waals surface area contributed by atoms with Gasteiger partial charge >= 0.3 is 12.0 Å². The number of carboxylic acid groups (broad SMARTS) is 1. The molecular formula is C15H17N3O3S. The lowest BCUT2D eigenvalue weighted by molar-refractivity contribution is -0.146. The monoisotopic (exact) mass is 319 g/mol. The van der Waals surface area contributed by atoms with Crippen LogP contribution in [0.1, 0.15) is 18.4 Å². The van der Waals surface area contributed by atoms with E-state index in [1.54, 1.807) is 23.2 Å². The predicted octanol–water partition coefficient (Wildman–Crippen LogP) is 2.30. The van der Waals surface area contributed by atoms with E-state index in [-0.39, 0.29) is 12.6 Å². The molecule has 1 aromatic heterocycles. The van der Waals surface area contributed by atoms with E-state index in [1.165, 1.54) is 0 Å². The molecule has 2 amide bonds. The van der Waals surface area contributed by atoms with Crippen molar-refractivity contribution in [2.45, 2.75) is 19.9 Å². The second-order valence-electron chi connectivity index (χ2n) is 5.77. The molecule has 0 spiro atoms. The van der Waals surface area contributed by atoms with Crippen molar-refractivity contribution in [3.05, 3.63) is 29.3 Å². The Kier molecular flexibility index (Phi) is 3.74. The number of hydrogen-bond donors (Lipinski definition) is 2.